The average molecular weight is 414 g/mol. The second-order valence-electron chi connectivity index (χ2n) is 8.36. The molecule has 4 rings (SSSR count). The number of esters is 1. The lowest BCUT2D eigenvalue weighted by Gasteiger charge is -2.31. The van der Waals surface area contributed by atoms with E-state index in [1.807, 2.05) is 36.4 Å². The van der Waals surface area contributed by atoms with E-state index in [2.05, 4.69) is 53.4 Å². The molecular weight excluding hydrogens is 382 g/mol. The fraction of sp³-hybridized carbons (Fsp3) is 0.321. The zero-order valence-electron chi connectivity index (χ0n) is 18.1. The summed E-state index contributed by atoms with van der Waals surface area (Å²) in [7, 11) is 0. The van der Waals surface area contributed by atoms with E-state index in [4.69, 9.17) is 4.74 Å². The molecule has 0 aliphatic carbocycles. The Morgan fingerprint density at radius 2 is 1.61 bits per heavy atom. The fourth-order valence-electron chi connectivity index (χ4n) is 4.41. The van der Waals surface area contributed by atoms with Gasteiger partial charge < -0.3 is 9.64 Å². The van der Waals surface area contributed by atoms with Crippen LogP contribution in [0.4, 0.5) is 0 Å². The Bertz CT molecular complexity index is 955. The van der Waals surface area contributed by atoms with Gasteiger partial charge in [0, 0.05) is 6.54 Å². The lowest BCUT2D eigenvalue weighted by atomic mass is 9.97. The van der Waals surface area contributed by atoms with Crippen LogP contribution in [-0.4, -0.2) is 30.5 Å². The van der Waals surface area contributed by atoms with E-state index in [-0.39, 0.29) is 11.9 Å². The number of ether oxygens (including phenoxy) is 1. The summed E-state index contributed by atoms with van der Waals surface area (Å²) in [6.45, 7) is 3.26. The Balaban J connectivity index is 1.28. The molecule has 1 fully saturated rings. The third-order valence-electron chi connectivity index (χ3n) is 6.09. The van der Waals surface area contributed by atoms with Crippen LogP contribution in [0.1, 0.15) is 30.4 Å². The van der Waals surface area contributed by atoms with E-state index < -0.39 is 0 Å². The Morgan fingerprint density at radius 1 is 0.903 bits per heavy atom. The van der Waals surface area contributed by atoms with E-state index in [0.29, 0.717) is 6.61 Å². The van der Waals surface area contributed by atoms with E-state index in [0.717, 1.165) is 62.0 Å². The summed E-state index contributed by atoms with van der Waals surface area (Å²) >= 11 is 0. The van der Waals surface area contributed by atoms with Crippen molar-refractivity contribution in [2.75, 3.05) is 19.6 Å². The first-order chi connectivity index (χ1) is 15.3. The number of likely N-dealkylation sites (tertiary alicyclic amines) is 1. The second kappa shape index (κ2) is 10.9. The zero-order chi connectivity index (χ0) is 21.3. The molecule has 3 heteroatoms. The van der Waals surface area contributed by atoms with Crippen LogP contribution in [0.15, 0.2) is 84.9 Å². The predicted octanol–water partition coefficient (Wildman–Crippen LogP) is 5.74. The van der Waals surface area contributed by atoms with Crippen LogP contribution in [0.25, 0.3) is 11.1 Å². The summed E-state index contributed by atoms with van der Waals surface area (Å²) in [5.74, 6) is -0.0787. The van der Waals surface area contributed by atoms with Crippen molar-refractivity contribution < 1.29 is 9.53 Å². The maximum Gasteiger partial charge on any atom is 0.310 e. The topological polar surface area (TPSA) is 29.5 Å². The minimum atomic E-state index is -0.0596. The van der Waals surface area contributed by atoms with E-state index in [9.17, 15) is 4.79 Å². The van der Waals surface area contributed by atoms with Gasteiger partial charge in [-0.15, -0.1) is 0 Å². The Morgan fingerprint density at radius 3 is 2.42 bits per heavy atom. The van der Waals surface area contributed by atoms with E-state index >= 15 is 0 Å². The fourth-order valence-corrected chi connectivity index (χ4v) is 4.41. The van der Waals surface area contributed by atoms with Gasteiger partial charge in [0.2, 0.25) is 0 Å². The first-order valence-corrected chi connectivity index (χ1v) is 11.4. The van der Waals surface area contributed by atoms with Crippen molar-refractivity contribution in [1.29, 1.82) is 0 Å². The van der Waals surface area contributed by atoms with E-state index in [1.54, 1.807) is 0 Å². The molecule has 0 spiro atoms. The smallest absolute Gasteiger partial charge is 0.310 e. The summed E-state index contributed by atoms with van der Waals surface area (Å²) in [5, 5.41) is 0. The number of aryl methyl sites for hydroxylation is 1. The van der Waals surface area contributed by atoms with Gasteiger partial charge in [-0.1, -0.05) is 84.9 Å². The number of nitrogens with zero attached hydrogens (tertiary/aromatic N) is 1. The first-order valence-electron chi connectivity index (χ1n) is 11.4. The largest absolute Gasteiger partial charge is 0.461 e. The minimum Gasteiger partial charge on any atom is -0.461 e. The van der Waals surface area contributed by atoms with Gasteiger partial charge in [0.25, 0.3) is 0 Å². The number of piperidine rings is 1. The van der Waals surface area contributed by atoms with Gasteiger partial charge >= 0.3 is 5.97 Å². The van der Waals surface area contributed by atoms with E-state index in [1.165, 1.54) is 5.56 Å². The van der Waals surface area contributed by atoms with Crippen molar-refractivity contribution in [2.45, 2.75) is 32.3 Å². The van der Waals surface area contributed by atoms with Gasteiger partial charge in [-0.05, 0) is 61.0 Å². The summed E-state index contributed by atoms with van der Waals surface area (Å²) in [6.07, 6.45) is 4.19. The number of hydrogen-bond acceptors (Lipinski definition) is 3. The molecule has 0 N–H and O–H groups in total. The summed E-state index contributed by atoms with van der Waals surface area (Å²) < 4.78 is 5.79. The van der Waals surface area contributed by atoms with Crippen molar-refractivity contribution in [3.05, 3.63) is 96.1 Å². The molecule has 1 heterocycles. The molecule has 0 aromatic heterocycles. The molecule has 1 aliphatic rings. The summed E-state index contributed by atoms with van der Waals surface area (Å²) in [6, 6.07) is 29.1. The molecule has 1 atom stereocenters. The van der Waals surface area contributed by atoms with Gasteiger partial charge in [-0.25, -0.2) is 0 Å². The highest BCUT2D eigenvalue weighted by Gasteiger charge is 2.27. The predicted molar refractivity (Wildman–Crippen MR) is 126 cm³/mol. The quantitative estimate of drug-likeness (QED) is 0.441. The Labute approximate surface area is 185 Å². The second-order valence-corrected chi connectivity index (χ2v) is 8.36. The van der Waals surface area contributed by atoms with Gasteiger partial charge in [-0.3, -0.25) is 4.79 Å². The number of rotatable bonds is 8. The standard InChI is InChI=1S/C28H31NO2/c30-28(31-22-26-16-7-8-18-27(26)24-14-5-2-6-15-24)25-17-10-20-29(21-25)19-9-13-23-11-3-1-4-12-23/h1-8,11-12,14-16,18,25H,9-10,13,17,19-22H2. The molecule has 3 aromatic carbocycles. The molecule has 1 aliphatic heterocycles. The molecule has 0 bridgehead atoms. The maximum atomic E-state index is 12.8. The molecule has 160 valence electrons. The van der Waals surface area contributed by atoms with Crippen molar-refractivity contribution in [3.8, 4) is 11.1 Å². The SMILES string of the molecule is O=C(OCc1ccccc1-c1ccccc1)C1CCCN(CCCc2ccccc2)C1. The van der Waals surface area contributed by atoms with Crippen LogP contribution in [0.3, 0.4) is 0 Å². The summed E-state index contributed by atoms with van der Waals surface area (Å²) in [5.41, 5.74) is 4.71. The highest BCUT2D eigenvalue weighted by molar-refractivity contribution is 5.73. The monoisotopic (exact) mass is 413 g/mol. The summed E-state index contributed by atoms with van der Waals surface area (Å²) in [4.78, 5) is 15.2. The van der Waals surface area contributed by atoms with Crippen LogP contribution in [0.2, 0.25) is 0 Å². The molecule has 1 unspecified atom stereocenters. The van der Waals surface area contributed by atoms with Crippen molar-refractivity contribution in [2.24, 2.45) is 5.92 Å². The lowest BCUT2D eigenvalue weighted by molar-refractivity contribution is -0.151. The van der Waals surface area contributed by atoms with Crippen molar-refractivity contribution in [1.82, 2.24) is 4.90 Å². The number of hydrogen-bond donors (Lipinski definition) is 0. The molecule has 3 nitrogen and oxygen atoms in total. The molecule has 0 amide bonds. The van der Waals surface area contributed by atoms with Gasteiger partial charge in [0.15, 0.2) is 0 Å². The van der Waals surface area contributed by atoms with Crippen LogP contribution in [0.5, 0.6) is 0 Å². The lowest BCUT2D eigenvalue weighted by Crippen LogP contribution is -2.39. The van der Waals surface area contributed by atoms with Gasteiger partial charge in [-0.2, -0.15) is 0 Å². The van der Waals surface area contributed by atoms with Crippen molar-refractivity contribution in [3.63, 3.8) is 0 Å². The van der Waals surface area contributed by atoms with Gasteiger partial charge in [0.05, 0.1) is 5.92 Å². The van der Waals surface area contributed by atoms with Crippen LogP contribution >= 0.6 is 0 Å². The molecule has 3 aromatic rings. The highest BCUT2D eigenvalue weighted by atomic mass is 16.5. The third-order valence-corrected chi connectivity index (χ3v) is 6.09. The molecule has 0 radical (unpaired) electrons. The van der Waals surface area contributed by atoms with Crippen LogP contribution in [-0.2, 0) is 22.6 Å². The molecule has 31 heavy (non-hydrogen) atoms. The molecular formula is C28H31NO2. The van der Waals surface area contributed by atoms with Gasteiger partial charge in [0.1, 0.15) is 6.61 Å². The Kier molecular flexibility index (Phi) is 7.51. The normalized spacial score (nSPS) is 16.7. The van der Waals surface area contributed by atoms with Crippen molar-refractivity contribution >= 4 is 5.97 Å². The highest BCUT2D eigenvalue weighted by Crippen LogP contribution is 2.25. The molecule has 1 saturated heterocycles. The number of carbonyl (C=O) groups excluding carboxylic acids is 1. The zero-order valence-corrected chi connectivity index (χ0v) is 18.1. The maximum absolute atomic E-state index is 12.8. The number of carbonyl (C=O) groups is 1. The average Bonchev–Trinajstić information content (AvgIpc) is 2.84. The van der Waals surface area contributed by atoms with Crippen LogP contribution in [0, 0.1) is 5.92 Å². The number of benzene rings is 3. The first kappa shape index (κ1) is 21.3. The minimum absolute atomic E-state index is 0.0191. The Hall–Kier alpha value is -2.91. The van der Waals surface area contributed by atoms with Crippen LogP contribution < -0.4 is 0 Å². The molecule has 0 saturated carbocycles. The third kappa shape index (κ3) is 6.05.